The van der Waals surface area contributed by atoms with Gasteiger partial charge in [-0.1, -0.05) is 13.8 Å². The topological polar surface area (TPSA) is 67.2 Å². The van der Waals surface area contributed by atoms with E-state index in [0.717, 1.165) is 43.2 Å². The molecule has 0 unspecified atom stereocenters. The van der Waals surface area contributed by atoms with Crippen molar-refractivity contribution in [2.24, 2.45) is 40.4 Å². The fraction of sp³-hybridized carbons (Fsp3) is 0.852. The first-order valence-electron chi connectivity index (χ1n) is 13.1. The lowest BCUT2D eigenvalue weighted by Gasteiger charge is -2.61. The molecule has 5 heteroatoms. The van der Waals surface area contributed by atoms with Crippen molar-refractivity contribution in [3.63, 3.8) is 0 Å². The lowest BCUT2D eigenvalue weighted by Crippen LogP contribution is -2.55. The molecule has 0 bridgehead atoms. The summed E-state index contributed by atoms with van der Waals surface area (Å²) in [7, 11) is 1.93. The minimum Gasteiger partial charge on any atom is -0.390 e. The van der Waals surface area contributed by atoms with Crippen molar-refractivity contribution in [1.82, 2.24) is 15.1 Å². The number of carbonyl (C=O) groups excluding carboxylic acids is 1. The van der Waals surface area contributed by atoms with Crippen LogP contribution in [0.2, 0.25) is 0 Å². The molecule has 5 rings (SSSR count). The molecule has 8 atom stereocenters. The highest BCUT2D eigenvalue weighted by Crippen LogP contribution is 2.68. The Morgan fingerprint density at radius 3 is 2.66 bits per heavy atom. The van der Waals surface area contributed by atoms with Gasteiger partial charge >= 0.3 is 0 Å². The Hall–Kier alpha value is -1.20. The van der Waals surface area contributed by atoms with Gasteiger partial charge in [0, 0.05) is 24.2 Å². The third-order valence-electron chi connectivity index (χ3n) is 10.7. The van der Waals surface area contributed by atoms with Crippen molar-refractivity contribution < 1.29 is 9.90 Å². The molecule has 1 aromatic heterocycles. The maximum absolute atomic E-state index is 13.5. The monoisotopic (exact) mass is 441 g/mol. The van der Waals surface area contributed by atoms with Crippen molar-refractivity contribution in [2.75, 3.05) is 7.05 Å². The van der Waals surface area contributed by atoms with Gasteiger partial charge in [-0.05, 0) is 106 Å². The van der Waals surface area contributed by atoms with E-state index in [1.54, 1.807) is 0 Å². The molecule has 0 amide bonds. The highest BCUT2D eigenvalue weighted by atomic mass is 16.3. The van der Waals surface area contributed by atoms with Crippen LogP contribution in [0, 0.1) is 40.4 Å². The van der Waals surface area contributed by atoms with E-state index in [4.69, 9.17) is 0 Å². The van der Waals surface area contributed by atoms with Crippen LogP contribution in [-0.2, 0) is 17.9 Å². The molecule has 0 aliphatic heterocycles. The van der Waals surface area contributed by atoms with Crippen LogP contribution in [0.15, 0.2) is 12.4 Å². The summed E-state index contributed by atoms with van der Waals surface area (Å²) in [4.78, 5) is 13.5. The number of rotatable bonds is 5. The van der Waals surface area contributed by atoms with E-state index in [1.165, 1.54) is 38.5 Å². The minimum atomic E-state index is -0.468. The SMILES string of the molecule is CNCc1cnn(CC(=O)[C@H]2CC[C@H]3[C@@H]4CC[C@@H]5C[C@](C)(O)CC[C@]5(C)[C@H]4CC[C@]23C)c1. The third kappa shape index (κ3) is 3.58. The molecule has 32 heavy (non-hydrogen) atoms. The van der Waals surface area contributed by atoms with Crippen LogP contribution < -0.4 is 5.32 Å². The van der Waals surface area contributed by atoms with Crippen molar-refractivity contribution in [1.29, 1.82) is 0 Å². The van der Waals surface area contributed by atoms with Gasteiger partial charge in [0.2, 0.25) is 0 Å². The molecule has 0 radical (unpaired) electrons. The first-order valence-corrected chi connectivity index (χ1v) is 13.1. The second-order valence-corrected chi connectivity index (χ2v) is 12.6. The van der Waals surface area contributed by atoms with Crippen molar-refractivity contribution in [2.45, 2.75) is 97.2 Å². The second kappa shape index (κ2) is 7.94. The molecule has 2 N–H and O–H groups in total. The first kappa shape index (κ1) is 22.6. The number of hydrogen-bond donors (Lipinski definition) is 2. The highest BCUT2D eigenvalue weighted by Gasteiger charge is 2.61. The lowest BCUT2D eigenvalue weighted by molar-refractivity contribution is -0.151. The predicted molar refractivity (Wildman–Crippen MR) is 126 cm³/mol. The summed E-state index contributed by atoms with van der Waals surface area (Å²) in [5, 5.41) is 18.3. The van der Waals surface area contributed by atoms with E-state index in [1.807, 2.05) is 31.0 Å². The highest BCUT2D eigenvalue weighted by molar-refractivity contribution is 5.82. The molecule has 4 aliphatic carbocycles. The maximum atomic E-state index is 13.5. The first-order chi connectivity index (χ1) is 15.2. The Balaban J connectivity index is 1.31. The summed E-state index contributed by atoms with van der Waals surface area (Å²) in [6.45, 7) is 8.24. The van der Waals surface area contributed by atoms with Crippen LogP contribution in [0.3, 0.4) is 0 Å². The van der Waals surface area contributed by atoms with Crippen LogP contribution in [0.25, 0.3) is 0 Å². The molecular formula is C27H43N3O2. The van der Waals surface area contributed by atoms with Crippen molar-refractivity contribution in [3.8, 4) is 0 Å². The molecule has 178 valence electrons. The second-order valence-electron chi connectivity index (χ2n) is 12.6. The normalized spacial score (nSPS) is 45.7. The number of ketones is 1. The van der Waals surface area contributed by atoms with Crippen LogP contribution in [0.1, 0.15) is 84.1 Å². The zero-order chi connectivity index (χ0) is 22.7. The number of aromatic nitrogens is 2. The summed E-state index contributed by atoms with van der Waals surface area (Å²) >= 11 is 0. The van der Waals surface area contributed by atoms with Crippen LogP contribution in [-0.4, -0.2) is 33.3 Å². The molecule has 5 nitrogen and oxygen atoms in total. The molecule has 4 fully saturated rings. The molecule has 0 spiro atoms. The van der Waals surface area contributed by atoms with E-state index in [9.17, 15) is 9.90 Å². The summed E-state index contributed by atoms with van der Waals surface area (Å²) in [5.41, 5.74) is 1.20. The molecule has 4 aliphatic rings. The van der Waals surface area contributed by atoms with Gasteiger partial charge in [0.25, 0.3) is 0 Å². The van der Waals surface area contributed by atoms with Gasteiger partial charge in [-0.2, -0.15) is 5.10 Å². The number of Topliss-reactive ketones (excluding diaryl/α,β-unsaturated/α-hetero) is 1. The Labute approximate surface area is 193 Å². The van der Waals surface area contributed by atoms with Crippen LogP contribution >= 0.6 is 0 Å². The Kier molecular flexibility index (Phi) is 5.60. The molecule has 0 saturated heterocycles. The number of aliphatic hydroxyl groups is 1. The number of nitrogens with one attached hydrogen (secondary N) is 1. The van der Waals surface area contributed by atoms with Crippen LogP contribution in [0.4, 0.5) is 0 Å². The molecular weight excluding hydrogens is 398 g/mol. The Morgan fingerprint density at radius 2 is 1.88 bits per heavy atom. The number of nitrogens with zero attached hydrogens (tertiary/aromatic N) is 2. The summed E-state index contributed by atoms with van der Waals surface area (Å²) in [6, 6.07) is 0. The van der Waals surface area contributed by atoms with Gasteiger partial charge < -0.3 is 10.4 Å². The summed E-state index contributed by atoms with van der Waals surface area (Å²) in [6.07, 6.45) is 14.3. The molecule has 1 heterocycles. The summed E-state index contributed by atoms with van der Waals surface area (Å²) in [5.74, 6) is 3.47. The Morgan fingerprint density at radius 1 is 1.09 bits per heavy atom. The van der Waals surface area contributed by atoms with Gasteiger partial charge in [0.05, 0.1) is 18.3 Å². The van der Waals surface area contributed by atoms with Gasteiger partial charge in [-0.3, -0.25) is 9.48 Å². The Bertz CT molecular complexity index is 863. The lowest BCUT2D eigenvalue weighted by atomic mass is 9.44. The van der Waals surface area contributed by atoms with Gasteiger partial charge in [-0.15, -0.1) is 0 Å². The van der Waals surface area contributed by atoms with E-state index < -0.39 is 5.60 Å². The zero-order valence-corrected chi connectivity index (χ0v) is 20.6. The van der Waals surface area contributed by atoms with E-state index in [2.05, 4.69) is 24.3 Å². The predicted octanol–water partition coefficient (Wildman–Crippen LogP) is 4.58. The number of carbonyl (C=O) groups is 1. The van der Waals surface area contributed by atoms with Gasteiger partial charge in [-0.25, -0.2) is 0 Å². The largest absolute Gasteiger partial charge is 0.390 e. The average molecular weight is 442 g/mol. The third-order valence-corrected chi connectivity index (χ3v) is 10.7. The molecule has 4 saturated carbocycles. The van der Waals surface area contributed by atoms with Crippen molar-refractivity contribution >= 4 is 5.78 Å². The van der Waals surface area contributed by atoms with E-state index in [0.29, 0.717) is 29.6 Å². The minimum absolute atomic E-state index is 0.155. The fourth-order valence-electron chi connectivity index (χ4n) is 9.02. The van der Waals surface area contributed by atoms with E-state index in [-0.39, 0.29) is 11.3 Å². The zero-order valence-electron chi connectivity index (χ0n) is 20.6. The standard InChI is InChI=1S/C27H43N3O2/c1-25(32)11-12-26(2)19(13-25)5-6-20-21-7-8-23(27(21,3)10-9-22(20)26)24(31)17-30-16-18(14-28-4)15-29-30/h15-16,19-23,28,32H,5-14,17H2,1-4H3/t19-,20+,21+,22+,23-,25-,26+,27+/m1/s1. The van der Waals surface area contributed by atoms with Gasteiger partial charge in [0.15, 0.2) is 5.78 Å². The smallest absolute Gasteiger partial charge is 0.157 e. The van der Waals surface area contributed by atoms with Crippen molar-refractivity contribution in [3.05, 3.63) is 18.0 Å². The fourth-order valence-corrected chi connectivity index (χ4v) is 9.02. The maximum Gasteiger partial charge on any atom is 0.157 e. The average Bonchev–Trinajstić information content (AvgIpc) is 3.32. The molecule has 0 aromatic carbocycles. The van der Waals surface area contributed by atoms with E-state index >= 15 is 0 Å². The number of fused-ring (bicyclic) bond motifs is 5. The van der Waals surface area contributed by atoms with Crippen LogP contribution in [0.5, 0.6) is 0 Å². The van der Waals surface area contributed by atoms with Gasteiger partial charge in [0.1, 0.15) is 0 Å². The number of hydrogen-bond acceptors (Lipinski definition) is 4. The summed E-state index contributed by atoms with van der Waals surface area (Å²) < 4.78 is 1.84. The quantitative estimate of drug-likeness (QED) is 0.702. The molecule has 1 aromatic rings.